The smallest absolute Gasteiger partial charge is 0.238 e. The number of aryl methyl sites for hydroxylation is 1. The number of amides is 1. The lowest BCUT2D eigenvalue weighted by Crippen LogP contribution is -2.40. The number of anilines is 1. The van der Waals surface area contributed by atoms with E-state index in [4.69, 9.17) is 5.73 Å². The number of nitrogens with two attached hydrogens (primary N) is 1. The fourth-order valence-electron chi connectivity index (χ4n) is 2.65. The van der Waals surface area contributed by atoms with Crippen LogP contribution in [0.15, 0.2) is 24.3 Å². The number of likely N-dealkylation sites (tertiary alicyclic amines) is 1. The molecule has 21 heavy (non-hydrogen) atoms. The molecule has 1 aliphatic rings. The topological polar surface area (TPSA) is 58.4 Å². The van der Waals surface area contributed by atoms with Gasteiger partial charge in [-0.05, 0) is 62.5 Å². The Morgan fingerprint density at radius 3 is 2.71 bits per heavy atom. The minimum atomic E-state index is 0. The highest BCUT2D eigenvalue weighted by molar-refractivity contribution is 5.92. The van der Waals surface area contributed by atoms with Crippen molar-refractivity contribution in [1.82, 2.24) is 4.90 Å². The lowest BCUT2D eigenvalue weighted by atomic mass is 9.97. The summed E-state index contributed by atoms with van der Waals surface area (Å²) in [4.78, 5) is 14.3. The molecule has 0 saturated carbocycles. The van der Waals surface area contributed by atoms with E-state index >= 15 is 0 Å². The maximum absolute atomic E-state index is 12.1. The Bertz CT molecular complexity index is 445. The summed E-state index contributed by atoms with van der Waals surface area (Å²) in [6.07, 6.45) is 3.19. The predicted molar refractivity (Wildman–Crippen MR) is 89.9 cm³/mol. The molecular weight excluding hydrogens is 286 g/mol. The van der Waals surface area contributed by atoms with E-state index in [1.165, 1.54) is 5.56 Å². The van der Waals surface area contributed by atoms with Crippen molar-refractivity contribution in [2.24, 2.45) is 11.7 Å². The predicted octanol–water partition coefficient (Wildman–Crippen LogP) is 2.28. The summed E-state index contributed by atoms with van der Waals surface area (Å²) in [5.74, 6) is 0.708. The van der Waals surface area contributed by atoms with Gasteiger partial charge in [0.1, 0.15) is 0 Å². The van der Waals surface area contributed by atoms with E-state index in [9.17, 15) is 4.79 Å². The zero-order valence-corrected chi connectivity index (χ0v) is 13.5. The van der Waals surface area contributed by atoms with E-state index in [0.29, 0.717) is 12.5 Å². The summed E-state index contributed by atoms with van der Waals surface area (Å²) < 4.78 is 0. The van der Waals surface area contributed by atoms with Crippen molar-refractivity contribution in [3.05, 3.63) is 29.8 Å². The summed E-state index contributed by atoms with van der Waals surface area (Å²) in [7, 11) is 0. The van der Waals surface area contributed by atoms with Crippen LogP contribution in [0.1, 0.15) is 25.3 Å². The van der Waals surface area contributed by atoms with Crippen molar-refractivity contribution >= 4 is 24.0 Å². The summed E-state index contributed by atoms with van der Waals surface area (Å²) in [6.45, 7) is 5.31. The highest BCUT2D eigenvalue weighted by Crippen LogP contribution is 2.16. The number of nitrogens with one attached hydrogen (secondary N) is 1. The third kappa shape index (κ3) is 5.65. The van der Waals surface area contributed by atoms with Gasteiger partial charge < -0.3 is 11.1 Å². The van der Waals surface area contributed by atoms with E-state index in [2.05, 4.69) is 23.2 Å². The molecular formula is C16H26ClN3O. The molecule has 1 aromatic carbocycles. The molecule has 0 radical (unpaired) electrons. The molecule has 1 heterocycles. The maximum Gasteiger partial charge on any atom is 0.238 e. The minimum Gasteiger partial charge on any atom is -0.330 e. The van der Waals surface area contributed by atoms with Gasteiger partial charge in [-0.1, -0.05) is 19.1 Å². The molecule has 1 amide bonds. The molecule has 3 N–H and O–H groups in total. The second-order valence-electron chi connectivity index (χ2n) is 5.56. The summed E-state index contributed by atoms with van der Waals surface area (Å²) in [6, 6.07) is 8.05. The molecule has 1 saturated heterocycles. The first-order valence-corrected chi connectivity index (χ1v) is 7.52. The maximum atomic E-state index is 12.1. The molecule has 118 valence electrons. The summed E-state index contributed by atoms with van der Waals surface area (Å²) in [5.41, 5.74) is 7.82. The van der Waals surface area contributed by atoms with Crippen molar-refractivity contribution in [1.29, 1.82) is 0 Å². The van der Waals surface area contributed by atoms with Gasteiger partial charge in [0.2, 0.25) is 5.91 Å². The molecule has 0 aromatic heterocycles. The lowest BCUT2D eigenvalue weighted by molar-refractivity contribution is -0.117. The number of nitrogens with zero attached hydrogens (tertiary/aromatic N) is 1. The van der Waals surface area contributed by atoms with Crippen LogP contribution in [0.25, 0.3) is 0 Å². The fraction of sp³-hybridized carbons (Fsp3) is 0.562. The molecule has 0 spiro atoms. The number of hydrogen-bond acceptors (Lipinski definition) is 3. The van der Waals surface area contributed by atoms with Crippen LogP contribution >= 0.6 is 12.4 Å². The lowest BCUT2D eigenvalue weighted by Gasteiger charge is -2.30. The first-order chi connectivity index (χ1) is 9.71. The third-order valence-electron chi connectivity index (χ3n) is 4.03. The van der Waals surface area contributed by atoms with Crippen LogP contribution < -0.4 is 11.1 Å². The summed E-state index contributed by atoms with van der Waals surface area (Å²) >= 11 is 0. The Kier molecular flexibility index (Phi) is 7.72. The van der Waals surface area contributed by atoms with Crippen LogP contribution in [0.2, 0.25) is 0 Å². The second kappa shape index (κ2) is 9.03. The van der Waals surface area contributed by atoms with Gasteiger partial charge >= 0.3 is 0 Å². The highest BCUT2D eigenvalue weighted by atomic mass is 35.5. The van der Waals surface area contributed by atoms with Crippen LogP contribution in [-0.2, 0) is 11.2 Å². The molecule has 0 aliphatic carbocycles. The van der Waals surface area contributed by atoms with E-state index < -0.39 is 0 Å². The van der Waals surface area contributed by atoms with Gasteiger partial charge in [-0.2, -0.15) is 0 Å². The van der Waals surface area contributed by atoms with Gasteiger partial charge in [0.05, 0.1) is 6.54 Å². The Labute approximate surface area is 133 Å². The van der Waals surface area contributed by atoms with Crippen LogP contribution in [-0.4, -0.2) is 37.0 Å². The van der Waals surface area contributed by atoms with Crippen molar-refractivity contribution in [3.63, 3.8) is 0 Å². The number of piperidine rings is 1. The fourth-order valence-corrected chi connectivity index (χ4v) is 2.65. The van der Waals surface area contributed by atoms with Gasteiger partial charge in [0, 0.05) is 5.69 Å². The zero-order valence-electron chi connectivity index (χ0n) is 12.7. The molecule has 1 aromatic rings. The highest BCUT2D eigenvalue weighted by Gasteiger charge is 2.19. The molecule has 1 aliphatic heterocycles. The molecule has 0 bridgehead atoms. The number of rotatable bonds is 5. The minimum absolute atomic E-state index is 0. The molecule has 2 rings (SSSR count). The Hall–Kier alpha value is -1.10. The standard InChI is InChI=1S/C16H25N3O.ClH/c1-2-13-4-3-5-15(10-13)18-16(20)12-19-8-6-14(11-17)7-9-19;/h3-5,10,14H,2,6-9,11-12,17H2,1H3,(H,18,20);1H. The number of benzene rings is 1. The van der Waals surface area contributed by atoms with E-state index in [-0.39, 0.29) is 18.3 Å². The van der Waals surface area contributed by atoms with Crippen LogP contribution in [0, 0.1) is 5.92 Å². The normalized spacial score (nSPS) is 16.3. The molecule has 0 unspecified atom stereocenters. The van der Waals surface area contributed by atoms with Crippen molar-refractivity contribution in [2.75, 3.05) is 31.5 Å². The Balaban J connectivity index is 0.00000220. The van der Waals surface area contributed by atoms with Crippen molar-refractivity contribution < 1.29 is 4.79 Å². The SMILES string of the molecule is CCc1cccc(NC(=O)CN2CCC(CN)CC2)c1.Cl. The van der Waals surface area contributed by atoms with Crippen LogP contribution in [0.4, 0.5) is 5.69 Å². The van der Waals surface area contributed by atoms with Crippen molar-refractivity contribution in [2.45, 2.75) is 26.2 Å². The average Bonchev–Trinajstić information content (AvgIpc) is 2.48. The van der Waals surface area contributed by atoms with E-state index in [0.717, 1.165) is 44.6 Å². The Morgan fingerprint density at radius 1 is 1.38 bits per heavy atom. The first kappa shape index (κ1) is 18.0. The Morgan fingerprint density at radius 2 is 2.10 bits per heavy atom. The average molecular weight is 312 g/mol. The second-order valence-corrected chi connectivity index (χ2v) is 5.56. The van der Waals surface area contributed by atoms with E-state index in [1.54, 1.807) is 0 Å². The van der Waals surface area contributed by atoms with Gasteiger partial charge in [0.25, 0.3) is 0 Å². The molecule has 4 nitrogen and oxygen atoms in total. The largest absolute Gasteiger partial charge is 0.330 e. The van der Waals surface area contributed by atoms with Crippen LogP contribution in [0.5, 0.6) is 0 Å². The summed E-state index contributed by atoms with van der Waals surface area (Å²) in [5, 5.41) is 2.98. The molecule has 0 atom stereocenters. The van der Waals surface area contributed by atoms with E-state index in [1.807, 2.05) is 18.2 Å². The first-order valence-electron chi connectivity index (χ1n) is 7.52. The molecule has 1 fully saturated rings. The number of carbonyl (C=O) groups excluding carboxylic acids is 1. The van der Waals surface area contributed by atoms with Gasteiger partial charge in [-0.3, -0.25) is 9.69 Å². The quantitative estimate of drug-likeness (QED) is 0.877. The molecule has 5 heteroatoms. The monoisotopic (exact) mass is 311 g/mol. The van der Waals surface area contributed by atoms with Gasteiger partial charge in [-0.15, -0.1) is 12.4 Å². The van der Waals surface area contributed by atoms with Crippen molar-refractivity contribution in [3.8, 4) is 0 Å². The van der Waals surface area contributed by atoms with Gasteiger partial charge in [-0.25, -0.2) is 0 Å². The van der Waals surface area contributed by atoms with Crippen LogP contribution in [0.3, 0.4) is 0 Å². The third-order valence-corrected chi connectivity index (χ3v) is 4.03. The number of carbonyl (C=O) groups is 1. The number of hydrogen-bond donors (Lipinski definition) is 2. The zero-order chi connectivity index (χ0) is 14.4. The van der Waals surface area contributed by atoms with Gasteiger partial charge in [0.15, 0.2) is 0 Å². The number of halogens is 1.